The van der Waals surface area contributed by atoms with Gasteiger partial charge < -0.3 is 5.73 Å². The number of rotatable bonds is 7. The summed E-state index contributed by atoms with van der Waals surface area (Å²) in [5.41, 5.74) is 9.95. The van der Waals surface area contributed by atoms with Crippen molar-refractivity contribution in [2.45, 2.75) is 32.2 Å². The van der Waals surface area contributed by atoms with Gasteiger partial charge in [0.05, 0.1) is 23.1 Å². The molecule has 6 heteroatoms. The molecule has 0 radical (unpaired) electrons. The Morgan fingerprint density at radius 1 is 1.13 bits per heavy atom. The Morgan fingerprint density at radius 3 is 2.57 bits per heavy atom. The molecule has 0 saturated heterocycles. The van der Waals surface area contributed by atoms with E-state index in [4.69, 9.17) is 5.73 Å². The fourth-order valence-electron chi connectivity index (χ4n) is 3.72. The monoisotopic (exact) mass is 402 g/mol. The zero-order valence-electron chi connectivity index (χ0n) is 16.8. The molecule has 0 aliphatic heterocycles. The van der Waals surface area contributed by atoms with Gasteiger partial charge in [-0.3, -0.25) is 9.78 Å². The highest BCUT2D eigenvalue weighted by molar-refractivity contribution is 5.85. The molecule has 4 rings (SSSR count). The van der Waals surface area contributed by atoms with Crippen LogP contribution in [-0.4, -0.2) is 20.5 Å². The van der Waals surface area contributed by atoms with Gasteiger partial charge in [-0.25, -0.2) is 9.07 Å². The van der Waals surface area contributed by atoms with E-state index in [1.54, 1.807) is 23.0 Å². The van der Waals surface area contributed by atoms with Crippen LogP contribution in [0.4, 0.5) is 4.39 Å². The number of aromatic nitrogens is 3. The first-order valence-corrected chi connectivity index (χ1v) is 9.94. The number of benzene rings is 2. The molecule has 2 heterocycles. The van der Waals surface area contributed by atoms with E-state index in [9.17, 15) is 9.18 Å². The number of carbonyl (C=O) groups excluding carboxylic acids is 1. The summed E-state index contributed by atoms with van der Waals surface area (Å²) in [6, 6.07) is 18.0. The molecule has 0 aliphatic carbocycles. The lowest BCUT2D eigenvalue weighted by atomic mass is 9.94. The van der Waals surface area contributed by atoms with Crippen molar-refractivity contribution in [1.29, 1.82) is 0 Å². The highest BCUT2D eigenvalue weighted by Crippen LogP contribution is 2.24. The summed E-state index contributed by atoms with van der Waals surface area (Å²) < 4.78 is 15.0. The highest BCUT2D eigenvalue weighted by atomic mass is 19.1. The summed E-state index contributed by atoms with van der Waals surface area (Å²) in [5.74, 6) is -0.0253. The van der Waals surface area contributed by atoms with Crippen molar-refractivity contribution in [3.8, 4) is 5.69 Å². The molecule has 4 aromatic rings. The van der Waals surface area contributed by atoms with E-state index in [1.807, 2.05) is 36.4 Å². The zero-order chi connectivity index (χ0) is 21.1. The zero-order valence-corrected chi connectivity index (χ0v) is 16.8. The van der Waals surface area contributed by atoms with E-state index in [0.29, 0.717) is 17.8 Å². The fraction of sp³-hybridized carbons (Fsp3) is 0.208. The largest absolute Gasteiger partial charge is 0.325 e. The minimum atomic E-state index is -0.307. The second kappa shape index (κ2) is 8.55. The normalized spacial score (nSPS) is 12.2. The Hall–Kier alpha value is -3.38. The number of pyridine rings is 1. The van der Waals surface area contributed by atoms with Crippen LogP contribution in [0.25, 0.3) is 16.6 Å². The fourth-order valence-corrected chi connectivity index (χ4v) is 3.72. The van der Waals surface area contributed by atoms with Crippen LogP contribution in [0.3, 0.4) is 0 Å². The third-order valence-electron chi connectivity index (χ3n) is 5.22. The molecule has 0 amide bonds. The van der Waals surface area contributed by atoms with Crippen LogP contribution < -0.4 is 5.73 Å². The summed E-state index contributed by atoms with van der Waals surface area (Å²) >= 11 is 0. The average Bonchev–Trinajstić information content (AvgIpc) is 3.18. The SMILES string of the molecule is C[C@@H](CC(=O)Cc1cc2cnn(-c3ccc(F)cc3)c2c(CN)n1)c1ccccc1. The van der Waals surface area contributed by atoms with Gasteiger partial charge in [0.2, 0.25) is 0 Å². The lowest BCUT2D eigenvalue weighted by molar-refractivity contribution is -0.118. The standard InChI is InChI=1S/C24H23FN4O/c1-16(17-5-3-2-4-6-17)11-22(30)13-20-12-18-15-27-29(24(18)23(14-26)28-20)21-9-7-19(25)8-10-21/h2-10,12,15-16H,11,13-14,26H2,1H3/t16-/m0/s1. The molecular weight excluding hydrogens is 379 g/mol. The first-order chi connectivity index (χ1) is 14.5. The highest BCUT2D eigenvalue weighted by Gasteiger charge is 2.16. The number of hydrogen-bond acceptors (Lipinski definition) is 4. The number of Topliss-reactive ketones (excluding diaryl/α,β-unsaturated/α-hetero) is 1. The molecular formula is C24H23FN4O. The number of hydrogen-bond donors (Lipinski definition) is 1. The van der Waals surface area contributed by atoms with Gasteiger partial charge in [-0.05, 0) is 41.8 Å². The Bertz CT molecular complexity index is 1170. The Morgan fingerprint density at radius 2 is 1.87 bits per heavy atom. The van der Waals surface area contributed by atoms with Crippen molar-refractivity contribution < 1.29 is 9.18 Å². The molecule has 0 aliphatic rings. The number of nitrogens with two attached hydrogens (primary N) is 1. The Labute approximate surface area is 174 Å². The number of halogens is 1. The smallest absolute Gasteiger partial charge is 0.139 e. The van der Waals surface area contributed by atoms with E-state index >= 15 is 0 Å². The predicted octanol–water partition coefficient (Wildman–Crippen LogP) is 4.32. The Kier molecular flexibility index (Phi) is 5.68. The maximum atomic E-state index is 13.3. The number of ketones is 1. The molecule has 2 aromatic heterocycles. The van der Waals surface area contributed by atoms with Crippen molar-refractivity contribution >= 4 is 16.7 Å². The van der Waals surface area contributed by atoms with Crippen LogP contribution in [0.2, 0.25) is 0 Å². The van der Waals surface area contributed by atoms with Gasteiger partial charge in [-0.1, -0.05) is 37.3 Å². The van der Waals surface area contributed by atoms with Gasteiger partial charge in [0.15, 0.2) is 0 Å². The molecule has 152 valence electrons. The maximum Gasteiger partial charge on any atom is 0.139 e. The quantitative estimate of drug-likeness (QED) is 0.499. The van der Waals surface area contributed by atoms with Gasteiger partial charge in [0.1, 0.15) is 11.6 Å². The van der Waals surface area contributed by atoms with Crippen molar-refractivity contribution in [3.63, 3.8) is 0 Å². The third kappa shape index (κ3) is 4.14. The molecule has 0 spiro atoms. The van der Waals surface area contributed by atoms with Gasteiger partial charge >= 0.3 is 0 Å². The lowest BCUT2D eigenvalue weighted by Crippen LogP contribution is -2.11. The molecule has 0 bridgehead atoms. The molecule has 0 fully saturated rings. The average molecular weight is 402 g/mol. The molecule has 2 N–H and O–H groups in total. The van der Waals surface area contributed by atoms with Crippen molar-refractivity contribution in [2.75, 3.05) is 0 Å². The Balaban J connectivity index is 1.58. The van der Waals surface area contributed by atoms with Crippen LogP contribution in [0.5, 0.6) is 0 Å². The second-order valence-corrected chi connectivity index (χ2v) is 7.47. The summed E-state index contributed by atoms with van der Waals surface area (Å²) in [7, 11) is 0. The number of carbonyl (C=O) groups is 1. The van der Waals surface area contributed by atoms with Crippen molar-refractivity contribution in [2.24, 2.45) is 5.73 Å². The van der Waals surface area contributed by atoms with E-state index in [-0.39, 0.29) is 30.5 Å². The van der Waals surface area contributed by atoms with Gasteiger partial charge in [0.25, 0.3) is 0 Å². The summed E-state index contributed by atoms with van der Waals surface area (Å²) in [6.07, 6.45) is 2.43. The van der Waals surface area contributed by atoms with E-state index in [1.165, 1.54) is 12.1 Å². The first-order valence-electron chi connectivity index (χ1n) is 9.94. The molecule has 2 aromatic carbocycles. The maximum absolute atomic E-state index is 13.3. The second-order valence-electron chi connectivity index (χ2n) is 7.47. The van der Waals surface area contributed by atoms with Crippen LogP contribution >= 0.6 is 0 Å². The molecule has 0 saturated carbocycles. The molecule has 30 heavy (non-hydrogen) atoms. The third-order valence-corrected chi connectivity index (χ3v) is 5.22. The minimum Gasteiger partial charge on any atom is -0.325 e. The predicted molar refractivity (Wildman–Crippen MR) is 115 cm³/mol. The summed E-state index contributed by atoms with van der Waals surface area (Å²) in [4.78, 5) is 17.3. The van der Waals surface area contributed by atoms with E-state index < -0.39 is 0 Å². The molecule has 0 unspecified atom stereocenters. The summed E-state index contributed by atoms with van der Waals surface area (Å²) in [6.45, 7) is 2.27. The van der Waals surface area contributed by atoms with Gasteiger partial charge in [-0.2, -0.15) is 5.10 Å². The number of fused-ring (bicyclic) bond motifs is 1. The summed E-state index contributed by atoms with van der Waals surface area (Å²) in [5, 5.41) is 5.28. The van der Waals surface area contributed by atoms with E-state index in [2.05, 4.69) is 17.0 Å². The molecule has 1 atom stereocenters. The minimum absolute atomic E-state index is 0.132. The van der Waals surface area contributed by atoms with Crippen molar-refractivity contribution in [1.82, 2.24) is 14.8 Å². The topological polar surface area (TPSA) is 73.8 Å². The first kappa shape index (κ1) is 19.9. The van der Waals surface area contributed by atoms with Crippen LogP contribution in [-0.2, 0) is 17.8 Å². The number of nitrogens with zero attached hydrogens (tertiary/aromatic N) is 3. The van der Waals surface area contributed by atoms with E-state index in [0.717, 1.165) is 22.2 Å². The van der Waals surface area contributed by atoms with Crippen LogP contribution in [0.15, 0.2) is 66.9 Å². The van der Waals surface area contributed by atoms with Gasteiger partial charge in [0, 0.05) is 30.5 Å². The molecule has 5 nitrogen and oxygen atoms in total. The van der Waals surface area contributed by atoms with Gasteiger partial charge in [-0.15, -0.1) is 0 Å². The van der Waals surface area contributed by atoms with Crippen LogP contribution in [0.1, 0.15) is 36.2 Å². The van der Waals surface area contributed by atoms with Crippen molar-refractivity contribution in [3.05, 3.63) is 89.6 Å². The van der Waals surface area contributed by atoms with Crippen LogP contribution in [0, 0.1) is 5.82 Å². The lowest BCUT2D eigenvalue weighted by Gasteiger charge is -2.12.